The minimum Gasteiger partial charge on any atom is -0.390 e. The Hall–Kier alpha value is -0.710. The molecule has 20 heavy (non-hydrogen) atoms. The summed E-state index contributed by atoms with van der Waals surface area (Å²) < 4.78 is 11.3. The third-order valence-electron chi connectivity index (χ3n) is 5.20. The van der Waals surface area contributed by atoms with Crippen LogP contribution in [0.1, 0.15) is 39.5 Å². The van der Waals surface area contributed by atoms with Crippen molar-refractivity contribution in [3.05, 3.63) is 11.6 Å². The average Bonchev–Trinajstić information content (AvgIpc) is 2.62. The molecule has 2 fully saturated rings. The van der Waals surface area contributed by atoms with Crippen LogP contribution < -0.4 is 0 Å². The van der Waals surface area contributed by atoms with Crippen LogP contribution in [0, 0.1) is 17.3 Å². The molecule has 1 aliphatic heterocycles. The number of ether oxygens (including phenoxy) is 2. The van der Waals surface area contributed by atoms with Crippen LogP contribution in [0.4, 0.5) is 0 Å². The molecule has 3 aliphatic rings. The number of rotatable bonds is 3. The van der Waals surface area contributed by atoms with E-state index < -0.39 is 5.60 Å². The predicted molar refractivity (Wildman–Crippen MR) is 74.0 cm³/mol. The maximum atomic E-state index is 12.4. The van der Waals surface area contributed by atoms with E-state index in [0.29, 0.717) is 19.4 Å². The molecule has 1 saturated heterocycles. The number of hydrogen-bond acceptors (Lipinski definition) is 4. The summed E-state index contributed by atoms with van der Waals surface area (Å²) in [5, 5.41) is 10.4. The second-order valence-electron chi connectivity index (χ2n) is 7.09. The van der Waals surface area contributed by atoms with Gasteiger partial charge < -0.3 is 14.6 Å². The fourth-order valence-corrected chi connectivity index (χ4v) is 4.70. The lowest BCUT2D eigenvalue weighted by molar-refractivity contribution is -0.238. The smallest absolute Gasteiger partial charge is 0.160 e. The molecule has 2 aliphatic carbocycles. The Labute approximate surface area is 120 Å². The van der Waals surface area contributed by atoms with E-state index in [9.17, 15) is 9.90 Å². The van der Waals surface area contributed by atoms with Crippen molar-refractivity contribution in [2.45, 2.75) is 51.4 Å². The molecule has 1 N–H and O–H groups in total. The Kier molecular flexibility index (Phi) is 3.31. The number of allylic oxidation sites excluding steroid dienone is 2. The maximum absolute atomic E-state index is 12.4. The summed E-state index contributed by atoms with van der Waals surface area (Å²) in [7, 11) is 1.66. The first-order valence-corrected chi connectivity index (χ1v) is 7.49. The minimum atomic E-state index is -0.798. The van der Waals surface area contributed by atoms with Crippen molar-refractivity contribution >= 4 is 5.78 Å². The summed E-state index contributed by atoms with van der Waals surface area (Å²) in [5.41, 5.74) is -0.120. The SMILES string of the molecule is CO[C@H]1OC[C@H]2CC(=O)C3=CCC[C@@H]1[C@]32CC(C)(C)O. The van der Waals surface area contributed by atoms with E-state index in [-0.39, 0.29) is 29.3 Å². The van der Waals surface area contributed by atoms with Crippen LogP contribution in [0.25, 0.3) is 0 Å². The number of hydrogen-bond donors (Lipinski definition) is 1. The number of Topliss-reactive ketones (excluding diaryl/α,β-unsaturated/α-hetero) is 1. The first-order chi connectivity index (χ1) is 9.38. The van der Waals surface area contributed by atoms with E-state index in [2.05, 4.69) is 6.08 Å². The Bertz CT molecular complexity index is 448. The van der Waals surface area contributed by atoms with Gasteiger partial charge in [-0.25, -0.2) is 0 Å². The van der Waals surface area contributed by atoms with Gasteiger partial charge in [-0.05, 0) is 44.6 Å². The topological polar surface area (TPSA) is 55.8 Å². The molecule has 0 aromatic carbocycles. The summed E-state index contributed by atoms with van der Waals surface area (Å²) in [6, 6.07) is 0. The van der Waals surface area contributed by atoms with Crippen LogP contribution in [0.5, 0.6) is 0 Å². The molecule has 4 nitrogen and oxygen atoms in total. The van der Waals surface area contributed by atoms with Gasteiger partial charge in [-0.15, -0.1) is 0 Å². The standard InChI is InChI=1S/C16H24O4/c1-15(2,18)9-16-10-7-13(17)11(16)5-4-6-12(16)14(19-3)20-8-10/h5,10,12,14,18H,4,6-9H2,1-3H3/t10-,12+,14+,16+/m1/s1. The van der Waals surface area contributed by atoms with E-state index in [1.807, 2.05) is 13.8 Å². The Morgan fingerprint density at radius 3 is 2.95 bits per heavy atom. The van der Waals surface area contributed by atoms with Crippen molar-refractivity contribution in [2.75, 3.05) is 13.7 Å². The number of ketones is 1. The lowest BCUT2D eigenvalue weighted by Gasteiger charge is -2.52. The molecule has 112 valence electrons. The van der Waals surface area contributed by atoms with Crippen LogP contribution >= 0.6 is 0 Å². The number of methoxy groups -OCH3 is 1. The highest BCUT2D eigenvalue weighted by Crippen LogP contribution is 2.61. The van der Waals surface area contributed by atoms with E-state index >= 15 is 0 Å². The zero-order valence-corrected chi connectivity index (χ0v) is 12.5. The molecule has 4 heteroatoms. The van der Waals surface area contributed by atoms with Crippen LogP contribution in [0.15, 0.2) is 11.6 Å². The summed E-state index contributed by atoms with van der Waals surface area (Å²) in [4.78, 5) is 12.4. The minimum absolute atomic E-state index is 0.170. The third kappa shape index (κ3) is 1.97. The van der Waals surface area contributed by atoms with Crippen molar-refractivity contribution in [3.63, 3.8) is 0 Å². The van der Waals surface area contributed by atoms with Gasteiger partial charge in [-0.3, -0.25) is 4.79 Å². The van der Waals surface area contributed by atoms with Crippen molar-refractivity contribution in [1.82, 2.24) is 0 Å². The van der Waals surface area contributed by atoms with Crippen LogP contribution in [0.2, 0.25) is 0 Å². The number of carbonyl (C=O) groups excluding carboxylic acids is 1. The molecule has 3 rings (SSSR count). The highest BCUT2D eigenvalue weighted by molar-refractivity contribution is 6.00. The van der Waals surface area contributed by atoms with Crippen molar-refractivity contribution < 1.29 is 19.4 Å². The fourth-order valence-electron chi connectivity index (χ4n) is 4.70. The van der Waals surface area contributed by atoms with E-state index in [1.54, 1.807) is 7.11 Å². The average molecular weight is 280 g/mol. The van der Waals surface area contributed by atoms with Crippen molar-refractivity contribution in [1.29, 1.82) is 0 Å². The van der Waals surface area contributed by atoms with Gasteiger partial charge in [0.15, 0.2) is 12.1 Å². The third-order valence-corrected chi connectivity index (χ3v) is 5.20. The lowest BCUT2D eigenvalue weighted by Crippen LogP contribution is -2.53. The molecule has 0 amide bonds. The van der Waals surface area contributed by atoms with Crippen molar-refractivity contribution in [2.24, 2.45) is 17.3 Å². The molecule has 0 bridgehead atoms. The molecule has 0 radical (unpaired) electrons. The summed E-state index contributed by atoms with van der Waals surface area (Å²) in [6.45, 7) is 4.21. The number of aliphatic hydroxyl groups is 1. The van der Waals surface area contributed by atoms with E-state index in [0.717, 1.165) is 18.4 Å². The summed E-state index contributed by atoms with van der Waals surface area (Å²) in [5.74, 6) is 0.595. The van der Waals surface area contributed by atoms with E-state index in [4.69, 9.17) is 9.47 Å². The van der Waals surface area contributed by atoms with Gasteiger partial charge in [0.25, 0.3) is 0 Å². The Morgan fingerprint density at radius 1 is 1.55 bits per heavy atom. The van der Waals surface area contributed by atoms with Gasteiger partial charge in [0, 0.05) is 24.9 Å². The molecule has 0 aromatic rings. The second-order valence-corrected chi connectivity index (χ2v) is 7.09. The Morgan fingerprint density at radius 2 is 2.30 bits per heavy atom. The van der Waals surface area contributed by atoms with Crippen LogP contribution in [-0.4, -0.2) is 36.5 Å². The van der Waals surface area contributed by atoms with E-state index in [1.165, 1.54) is 0 Å². The zero-order chi connectivity index (χ0) is 14.5. The highest BCUT2D eigenvalue weighted by atomic mass is 16.7. The summed E-state index contributed by atoms with van der Waals surface area (Å²) in [6.07, 6.45) is 4.85. The normalized spacial score (nSPS) is 40.5. The van der Waals surface area contributed by atoms with Crippen LogP contribution in [0.3, 0.4) is 0 Å². The molecular weight excluding hydrogens is 256 g/mol. The van der Waals surface area contributed by atoms with Gasteiger partial charge in [-0.2, -0.15) is 0 Å². The highest BCUT2D eigenvalue weighted by Gasteiger charge is 2.62. The van der Waals surface area contributed by atoms with Gasteiger partial charge in [0.1, 0.15) is 0 Å². The molecule has 1 heterocycles. The molecule has 0 aromatic heterocycles. The monoisotopic (exact) mass is 280 g/mol. The van der Waals surface area contributed by atoms with Gasteiger partial charge in [0.2, 0.25) is 0 Å². The molecular formula is C16H24O4. The van der Waals surface area contributed by atoms with Gasteiger partial charge in [0.05, 0.1) is 12.2 Å². The molecule has 4 atom stereocenters. The molecule has 0 spiro atoms. The Balaban J connectivity index is 2.08. The van der Waals surface area contributed by atoms with Gasteiger partial charge >= 0.3 is 0 Å². The van der Waals surface area contributed by atoms with Gasteiger partial charge in [-0.1, -0.05) is 6.08 Å². The summed E-state index contributed by atoms with van der Waals surface area (Å²) >= 11 is 0. The number of carbonyl (C=O) groups is 1. The van der Waals surface area contributed by atoms with Crippen LogP contribution in [-0.2, 0) is 14.3 Å². The quantitative estimate of drug-likeness (QED) is 0.860. The van der Waals surface area contributed by atoms with Crippen molar-refractivity contribution in [3.8, 4) is 0 Å². The zero-order valence-electron chi connectivity index (χ0n) is 12.5. The lowest BCUT2D eigenvalue weighted by atomic mass is 9.57. The maximum Gasteiger partial charge on any atom is 0.160 e. The first kappa shape index (κ1) is 14.2. The fraction of sp³-hybridized carbons (Fsp3) is 0.812. The molecule has 0 unspecified atom stereocenters. The predicted octanol–water partition coefficient (Wildman–Crippen LogP) is 2.06. The first-order valence-electron chi connectivity index (χ1n) is 7.49. The second kappa shape index (κ2) is 4.65. The largest absolute Gasteiger partial charge is 0.390 e. The molecule has 1 saturated carbocycles.